The quantitative estimate of drug-likeness (QED) is 0.180. The second-order valence-electron chi connectivity index (χ2n) is 9.26. The third kappa shape index (κ3) is 5.95. The summed E-state index contributed by atoms with van der Waals surface area (Å²) in [7, 11) is 6.55. The molecule has 1 heterocycles. The van der Waals surface area contributed by atoms with Crippen molar-refractivity contribution >= 4 is 17.8 Å². The molecule has 1 N–H and O–H groups in total. The third-order valence-corrected chi connectivity index (χ3v) is 7.08. The Morgan fingerprint density at radius 1 is 0.900 bits per heavy atom. The van der Waals surface area contributed by atoms with Crippen molar-refractivity contribution in [1.29, 1.82) is 0 Å². The van der Waals surface area contributed by atoms with Crippen LogP contribution >= 0.6 is 0 Å². The van der Waals surface area contributed by atoms with Gasteiger partial charge in [0.1, 0.15) is 11.5 Å². The van der Waals surface area contributed by atoms with E-state index in [0.717, 1.165) is 34.8 Å². The number of allylic oxidation sites excluding steroid dienone is 2. The average molecular weight is 589 g/mol. The van der Waals surface area contributed by atoms with Crippen LogP contribution in [0.15, 0.2) is 82.6 Å². The van der Waals surface area contributed by atoms with Crippen LogP contribution < -0.4 is 23.8 Å². The molecule has 1 atom stereocenters. The summed E-state index contributed by atoms with van der Waals surface area (Å²) in [6.45, 7) is 5.05. The third-order valence-electron chi connectivity index (χ3n) is 7.08. The minimum Gasteiger partial charge on any atom is -0.497 e. The zero-order chi connectivity index (χ0) is 28.0. The summed E-state index contributed by atoms with van der Waals surface area (Å²) in [6.07, 6.45) is 4.17. The van der Waals surface area contributed by atoms with Gasteiger partial charge in [-0.05, 0) is 73.9 Å². The van der Waals surface area contributed by atoms with Crippen LogP contribution in [-0.2, 0) is 28.6 Å². The number of hydrogen-bond acceptors (Lipinski definition) is 7. The number of anilines is 1. The molecule has 0 fully saturated rings. The number of benzene rings is 3. The zero-order valence-electron chi connectivity index (χ0n) is 23.6. The molecule has 0 aromatic heterocycles. The van der Waals surface area contributed by atoms with E-state index in [9.17, 15) is 5.11 Å². The topological polar surface area (TPSA) is 85.1 Å². The molecular weight excluding hydrogens is 553 g/mol. The second-order valence-corrected chi connectivity index (χ2v) is 9.26. The predicted molar refractivity (Wildman–Crippen MR) is 155 cm³/mol. The molecule has 0 aliphatic carbocycles. The van der Waals surface area contributed by atoms with Gasteiger partial charge in [0.25, 0.3) is 0 Å². The Morgan fingerprint density at radius 2 is 1.57 bits per heavy atom. The number of methoxy groups -OCH3 is 4. The predicted octanol–water partition coefficient (Wildman–Crippen LogP) is 5.93. The zero-order valence-corrected chi connectivity index (χ0v) is 24.6. The van der Waals surface area contributed by atoms with Gasteiger partial charge in [0.05, 0.1) is 34.7 Å². The van der Waals surface area contributed by atoms with Crippen LogP contribution in [0, 0.1) is 0 Å². The molecule has 0 saturated carbocycles. The van der Waals surface area contributed by atoms with Gasteiger partial charge in [-0.25, -0.2) is 0 Å². The number of aliphatic hydroxyl groups is 1. The van der Waals surface area contributed by atoms with Gasteiger partial charge in [0, 0.05) is 51.8 Å². The summed E-state index contributed by atoms with van der Waals surface area (Å²) < 4.78 is 22.5. The molecule has 40 heavy (non-hydrogen) atoms. The molecule has 1 aliphatic rings. The van der Waals surface area contributed by atoms with Crippen molar-refractivity contribution < 1.29 is 40.8 Å². The van der Waals surface area contributed by atoms with Gasteiger partial charge in [-0.3, -0.25) is 0 Å². The van der Waals surface area contributed by atoms with E-state index in [0.29, 0.717) is 29.2 Å². The number of ether oxygens (including phenoxy) is 4. The molecule has 9 heteroatoms. The second kappa shape index (κ2) is 13.4. The van der Waals surface area contributed by atoms with E-state index in [1.54, 1.807) is 46.8 Å². The number of likely N-dealkylation sites (N-methyl/N-ethyl adjacent to an activating group) is 1. The largest absolute Gasteiger partial charge is 0.497 e. The Labute approximate surface area is 246 Å². The molecule has 0 amide bonds. The summed E-state index contributed by atoms with van der Waals surface area (Å²) >= 11 is 0. The van der Waals surface area contributed by atoms with Crippen LogP contribution in [0.5, 0.6) is 23.0 Å². The molecular formula is C31H35CoN3O5. The van der Waals surface area contributed by atoms with E-state index >= 15 is 0 Å². The molecule has 3 aromatic rings. The first-order valence-electron chi connectivity index (χ1n) is 12.7. The minimum atomic E-state index is -0.482. The van der Waals surface area contributed by atoms with Crippen LogP contribution in [0.3, 0.4) is 0 Å². The average Bonchev–Trinajstić information content (AvgIpc) is 3.21. The first-order valence-corrected chi connectivity index (χ1v) is 12.7. The van der Waals surface area contributed by atoms with Crippen LogP contribution in [0.25, 0.3) is 0 Å². The van der Waals surface area contributed by atoms with E-state index in [1.165, 1.54) is 0 Å². The summed E-state index contributed by atoms with van der Waals surface area (Å²) in [6, 6.07) is 19.1. The van der Waals surface area contributed by atoms with Gasteiger partial charge in [-0.1, -0.05) is 18.2 Å². The number of hydrogen-bond donors (Lipinski definition) is 1. The Balaban J connectivity index is 0.00000441. The van der Waals surface area contributed by atoms with Gasteiger partial charge in [-0.15, -0.1) is 5.10 Å². The number of nitrogens with zero attached hydrogens (tertiary/aromatic N) is 3. The molecule has 1 radical (unpaired) electrons. The fourth-order valence-electron chi connectivity index (χ4n) is 5.13. The Bertz CT molecular complexity index is 1410. The van der Waals surface area contributed by atoms with Gasteiger partial charge < -0.3 is 29.0 Å². The van der Waals surface area contributed by atoms with Crippen LogP contribution in [0.4, 0.5) is 5.69 Å². The van der Waals surface area contributed by atoms with Crippen molar-refractivity contribution in [2.24, 2.45) is 10.2 Å². The molecule has 0 spiro atoms. The van der Waals surface area contributed by atoms with Gasteiger partial charge in [-0.2, -0.15) is 5.10 Å². The molecule has 0 bridgehead atoms. The van der Waals surface area contributed by atoms with Gasteiger partial charge >= 0.3 is 0 Å². The van der Waals surface area contributed by atoms with Gasteiger partial charge in [0.2, 0.25) is 5.90 Å². The Morgan fingerprint density at radius 3 is 2.20 bits per heavy atom. The number of rotatable bonds is 10. The fraction of sp³-hybridized carbons (Fsp3) is 0.290. The van der Waals surface area contributed by atoms with Crippen molar-refractivity contribution in [3.63, 3.8) is 0 Å². The van der Waals surface area contributed by atoms with Crippen LogP contribution in [0.2, 0.25) is 0 Å². The Kier molecular flexibility index (Phi) is 10.3. The molecule has 1 aliphatic heterocycles. The summed E-state index contributed by atoms with van der Waals surface area (Å²) in [4.78, 5) is 2.26. The van der Waals surface area contributed by atoms with Crippen LogP contribution in [-0.4, -0.2) is 52.2 Å². The SMILES string of the molecule is CCN1\C(=C/C=N/N=C(\O)c2ccccc2)C(C)(Cc2cc(OC)c(OC)cc2OC)c2cc(OC)ccc21.[Co]. The molecule has 0 saturated heterocycles. The molecule has 3 aromatic carbocycles. The normalized spacial score (nSPS) is 17.5. The molecule has 1 unspecified atom stereocenters. The molecule has 213 valence electrons. The van der Waals surface area contributed by atoms with E-state index in [2.05, 4.69) is 41.1 Å². The van der Waals surface area contributed by atoms with Crippen molar-refractivity contribution in [1.82, 2.24) is 0 Å². The van der Waals surface area contributed by atoms with E-state index in [4.69, 9.17) is 18.9 Å². The van der Waals surface area contributed by atoms with E-state index in [1.807, 2.05) is 42.5 Å². The molecule has 4 rings (SSSR count). The maximum absolute atomic E-state index is 10.3. The standard InChI is InChI=1S/C31H35N3O5.Co/c1-7-34-25-14-13-23(36-3)18-24(25)31(2,20-22-17-27(38-5)28(39-6)19-26(22)37-4)29(34)15-16-32-33-30(35)21-11-9-8-10-12-21;/h8-19H,7,20H2,1-6H3,(H,33,35);/b29-15-,32-16+;. The van der Waals surface area contributed by atoms with Crippen molar-refractivity contribution in [2.75, 3.05) is 39.9 Å². The molecule has 8 nitrogen and oxygen atoms in total. The smallest absolute Gasteiger partial charge is 0.238 e. The van der Waals surface area contributed by atoms with Crippen molar-refractivity contribution in [2.45, 2.75) is 25.7 Å². The monoisotopic (exact) mass is 588 g/mol. The van der Waals surface area contributed by atoms with E-state index < -0.39 is 5.41 Å². The van der Waals surface area contributed by atoms with Crippen molar-refractivity contribution in [3.05, 3.63) is 89.1 Å². The Hall–Kier alpha value is -3.95. The number of aliphatic hydroxyl groups excluding tert-OH is 1. The maximum atomic E-state index is 10.3. The van der Waals surface area contributed by atoms with E-state index in [-0.39, 0.29) is 22.7 Å². The first-order chi connectivity index (χ1) is 18.9. The summed E-state index contributed by atoms with van der Waals surface area (Å²) in [5.74, 6) is 2.58. The fourth-order valence-corrected chi connectivity index (χ4v) is 5.13. The summed E-state index contributed by atoms with van der Waals surface area (Å²) in [5, 5.41) is 18.5. The first kappa shape index (κ1) is 30.6. The van der Waals surface area contributed by atoms with Crippen molar-refractivity contribution in [3.8, 4) is 23.0 Å². The summed E-state index contributed by atoms with van der Waals surface area (Å²) in [5.41, 5.74) is 4.33. The van der Waals surface area contributed by atoms with Gasteiger partial charge in [0.15, 0.2) is 11.5 Å². The maximum Gasteiger partial charge on any atom is 0.238 e. The van der Waals surface area contributed by atoms with Crippen LogP contribution in [0.1, 0.15) is 30.5 Å². The number of fused-ring (bicyclic) bond motifs is 1. The minimum absolute atomic E-state index is 0.